The summed E-state index contributed by atoms with van der Waals surface area (Å²) in [6.45, 7) is -0.224. The number of amides is 2. The molecule has 3 aliphatic carbocycles. The van der Waals surface area contributed by atoms with Crippen molar-refractivity contribution < 1.29 is 18.7 Å². The molecular formula is C22H18ClFN4O3. The van der Waals surface area contributed by atoms with Gasteiger partial charge in [0.15, 0.2) is 6.61 Å². The van der Waals surface area contributed by atoms with E-state index >= 15 is 0 Å². The lowest BCUT2D eigenvalue weighted by molar-refractivity contribution is -0.141. The molecule has 0 spiro atoms. The summed E-state index contributed by atoms with van der Waals surface area (Å²) in [5.41, 5.74) is 0.440. The first-order valence-corrected chi connectivity index (χ1v) is 10.2. The summed E-state index contributed by atoms with van der Waals surface area (Å²) in [5, 5.41) is 6.88. The van der Waals surface area contributed by atoms with Crippen molar-refractivity contribution in [2.24, 2.45) is 0 Å². The standard InChI is InChI=1S/C22H18ClFN4O3/c23-15-3-2-14(7-16(15)24)31-9-19(29)27-21-10-22(11-21,12-21)28-20(30)18-4-1-13-8-25-6-5-17(13)26-18/h1-8H,9-12H2,(H,27,29)(H,28,30). The average Bonchev–Trinajstić information content (AvgIpc) is 2.71. The number of nitrogens with zero attached hydrogens (tertiary/aromatic N) is 2. The van der Waals surface area contributed by atoms with Crippen molar-refractivity contribution in [3.8, 4) is 5.75 Å². The van der Waals surface area contributed by atoms with Crippen LogP contribution in [0.4, 0.5) is 4.39 Å². The van der Waals surface area contributed by atoms with Gasteiger partial charge >= 0.3 is 0 Å². The normalized spacial score (nSPS) is 23.4. The number of pyridine rings is 2. The fourth-order valence-electron chi connectivity index (χ4n) is 4.50. The summed E-state index contributed by atoms with van der Waals surface area (Å²) in [6.07, 6.45) is 5.31. The molecule has 3 aliphatic rings. The zero-order valence-electron chi connectivity index (χ0n) is 16.3. The highest BCUT2D eigenvalue weighted by Crippen LogP contribution is 2.60. The molecule has 2 amide bonds. The topological polar surface area (TPSA) is 93.2 Å². The number of hydrogen-bond acceptors (Lipinski definition) is 5. The van der Waals surface area contributed by atoms with Crippen LogP contribution in [-0.2, 0) is 4.79 Å². The molecule has 1 aromatic carbocycles. The van der Waals surface area contributed by atoms with E-state index in [4.69, 9.17) is 16.3 Å². The number of ether oxygens (including phenoxy) is 1. The molecule has 6 rings (SSSR count). The second-order valence-corrected chi connectivity index (χ2v) is 8.63. The molecule has 3 fully saturated rings. The fourth-order valence-corrected chi connectivity index (χ4v) is 4.61. The van der Waals surface area contributed by atoms with E-state index in [0.29, 0.717) is 30.5 Å². The summed E-state index contributed by atoms with van der Waals surface area (Å²) in [7, 11) is 0. The van der Waals surface area contributed by atoms with E-state index in [1.807, 2.05) is 6.07 Å². The van der Waals surface area contributed by atoms with E-state index in [1.54, 1.807) is 24.5 Å². The van der Waals surface area contributed by atoms with Crippen LogP contribution in [0.5, 0.6) is 5.75 Å². The van der Waals surface area contributed by atoms with Crippen LogP contribution in [0.15, 0.2) is 48.8 Å². The van der Waals surface area contributed by atoms with Crippen LogP contribution in [0.2, 0.25) is 5.02 Å². The summed E-state index contributed by atoms with van der Waals surface area (Å²) in [4.78, 5) is 33.3. The second-order valence-electron chi connectivity index (χ2n) is 8.22. The lowest BCUT2D eigenvalue weighted by Crippen LogP contribution is -2.84. The SMILES string of the molecule is O=C(COc1ccc(Cl)c(F)c1)NC12CC(NC(=O)c3ccc4cnccc4n3)(C1)C2. The monoisotopic (exact) mass is 440 g/mol. The molecular weight excluding hydrogens is 423 g/mol. The second kappa shape index (κ2) is 7.16. The van der Waals surface area contributed by atoms with Crippen molar-refractivity contribution >= 4 is 34.3 Å². The molecule has 2 heterocycles. The smallest absolute Gasteiger partial charge is 0.270 e. The molecule has 3 aromatic rings. The molecule has 0 saturated heterocycles. The van der Waals surface area contributed by atoms with Crippen molar-refractivity contribution in [1.29, 1.82) is 0 Å². The molecule has 158 valence electrons. The fraction of sp³-hybridized carbons (Fsp3) is 0.273. The van der Waals surface area contributed by atoms with Crippen molar-refractivity contribution in [2.75, 3.05) is 6.61 Å². The van der Waals surface area contributed by atoms with Gasteiger partial charge in [-0.3, -0.25) is 14.6 Å². The van der Waals surface area contributed by atoms with Gasteiger partial charge < -0.3 is 15.4 Å². The van der Waals surface area contributed by atoms with Gasteiger partial charge in [-0.25, -0.2) is 9.37 Å². The van der Waals surface area contributed by atoms with Crippen LogP contribution < -0.4 is 15.4 Å². The van der Waals surface area contributed by atoms with Gasteiger partial charge in [-0.05, 0) is 49.6 Å². The number of hydrogen-bond donors (Lipinski definition) is 2. The summed E-state index contributed by atoms with van der Waals surface area (Å²) < 4.78 is 18.8. The first-order valence-electron chi connectivity index (χ1n) is 9.78. The lowest BCUT2D eigenvalue weighted by atomic mass is 9.44. The number of fused-ring (bicyclic) bond motifs is 1. The Balaban J connectivity index is 1.12. The Bertz CT molecular complexity index is 1200. The minimum atomic E-state index is -0.603. The predicted octanol–water partition coefficient (Wildman–Crippen LogP) is 3.02. The third-order valence-electron chi connectivity index (χ3n) is 5.80. The number of carbonyl (C=O) groups excluding carboxylic acids is 2. The Labute approximate surface area is 182 Å². The lowest BCUT2D eigenvalue weighted by Gasteiger charge is -2.70. The Morgan fingerprint density at radius 2 is 1.87 bits per heavy atom. The molecule has 0 aliphatic heterocycles. The molecule has 7 nitrogen and oxygen atoms in total. The van der Waals surface area contributed by atoms with Gasteiger partial charge in [0, 0.05) is 34.9 Å². The first-order chi connectivity index (χ1) is 14.9. The van der Waals surface area contributed by atoms with Gasteiger partial charge in [0.1, 0.15) is 17.3 Å². The minimum absolute atomic E-state index is 0.00564. The summed E-state index contributed by atoms with van der Waals surface area (Å²) in [6, 6.07) is 9.27. The quantitative estimate of drug-likeness (QED) is 0.614. The van der Waals surface area contributed by atoms with Crippen molar-refractivity contribution in [1.82, 2.24) is 20.6 Å². The molecule has 0 atom stereocenters. The van der Waals surface area contributed by atoms with Gasteiger partial charge in [0.25, 0.3) is 11.8 Å². The maximum absolute atomic E-state index is 13.4. The average molecular weight is 441 g/mol. The molecule has 2 aromatic heterocycles. The van der Waals surface area contributed by atoms with Crippen LogP contribution in [0.25, 0.3) is 10.9 Å². The van der Waals surface area contributed by atoms with Crippen LogP contribution in [0.3, 0.4) is 0 Å². The van der Waals surface area contributed by atoms with Crippen molar-refractivity contribution in [3.63, 3.8) is 0 Å². The number of benzene rings is 1. The molecule has 2 bridgehead atoms. The molecule has 3 saturated carbocycles. The number of carbonyl (C=O) groups is 2. The molecule has 31 heavy (non-hydrogen) atoms. The van der Waals surface area contributed by atoms with Gasteiger partial charge in [0.05, 0.1) is 10.5 Å². The Morgan fingerprint density at radius 1 is 1.10 bits per heavy atom. The van der Waals surface area contributed by atoms with Gasteiger partial charge in [0.2, 0.25) is 0 Å². The highest BCUT2D eigenvalue weighted by molar-refractivity contribution is 6.30. The van der Waals surface area contributed by atoms with Crippen molar-refractivity contribution in [2.45, 2.75) is 30.3 Å². The first kappa shape index (κ1) is 19.7. The minimum Gasteiger partial charge on any atom is -0.484 e. The Morgan fingerprint density at radius 3 is 2.65 bits per heavy atom. The van der Waals surface area contributed by atoms with Gasteiger partial charge in [-0.2, -0.15) is 0 Å². The van der Waals surface area contributed by atoms with E-state index in [-0.39, 0.29) is 40.3 Å². The third-order valence-corrected chi connectivity index (χ3v) is 6.10. The van der Waals surface area contributed by atoms with E-state index in [0.717, 1.165) is 11.5 Å². The zero-order valence-corrected chi connectivity index (χ0v) is 17.1. The molecule has 0 radical (unpaired) electrons. The van der Waals surface area contributed by atoms with E-state index in [9.17, 15) is 14.0 Å². The zero-order chi connectivity index (χ0) is 21.6. The Hall–Kier alpha value is -3.26. The van der Waals surface area contributed by atoms with Crippen LogP contribution in [0, 0.1) is 5.82 Å². The predicted molar refractivity (Wildman–Crippen MR) is 111 cm³/mol. The van der Waals surface area contributed by atoms with Crippen LogP contribution in [0.1, 0.15) is 29.8 Å². The third kappa shape index (κ3) is 3.67. The molecule has 0 unspecified atom stereocenters. The van der Waals surface area contributed by atoms with Crippen molar-refractivity contribution in [3.05, 3.63) is 65.3 Å². The number of aromatic nitrogens is 2. The maximum atomic E-state index is 13.4. The highest BCUT2D eigenvalue weighted by Gasteiger charge is 2.69. The molecule has 2 N–H and O–H groups in total. The van der Waals surface area contributed by atoms with Gasteiger partial charge in [-0.15, -0.1) is 0 Å². The highest BCUT2D eigenvalue weighted by atomic mass is 35.5. The van der Waals surface area contributed by atoms with Crippen LogP contribution in [-0.4, -0.2) is 39.5 Å². The summed E-state index contributed by atoms with van der Waals surface area (Å²) in [5.74, 6) is -0.891. The van der Waals surface area contributed by atoms with Crippen LogP contribution >= 0.6 is 11.6 Å². The molecule has 9 heteroatoms. The van der Waals surface area contributed by atoms with E-state index in [2.05, 4.69) is 20.6 Å². The summed E-state index contributed by atoms with van der Waals surface area (Å²) >= 11 is 5.63. The Kier molecular flexibility index (Phi) is 4.55. The largest absolute Gasteiger partial charge is 0.484 e. The number of halogens is 2. The number of nitrogens with one attached hydrogen (secondary N) is 2. The van der Waals surface area contributed by atoms with Gasteiger partial charge in [-0.1, -0.05) is 11.6 Å². The number of rotatable bonds is 6. The van der Waals surface area contributed by atoms with E-state index in [1.165, 1.54) is 12.1 Å². The van der Waals surface area contributed by atoms with E-state index < -0.39 is 5.82 Å². The maximum Gasteiger partial charge on any atom is 0.270 e.